The number of carbonyl (C=O) groups excluding carboxylic acids is 1. The van der Waals surface area contributed by atoms with Crippen LogP contribution in [0.3, 0.4) is 0 Å². The molecule has 0 spiro atoms. The number of rotatable bonds is 2. The minimum Gasteiger partial charge on any atom is -0.399 e. The van der Waals surface area contributed by atoms with Crippen LogP contribution in [0.1, 0.15) is 28.5 Å². The zero-order valence-electron chi connectivity index (χ0n) is 10.3. The van der Waals surface area contributed by atoms with Gasteiger partial charge in [-0.25, -0.2) is 4.68 Å². The van der Waals surface area contributed by atoms with Gasteiger partial charge in [0.25, 0.3) is 5.91 Å². The molecule has 1 aliphatic heterocycles. The molecule has 1 unspecified atom stereocenters. The van der Waals surface area contributed by atoms with E-state index in [2.05, 4.69) is 10.4 Å². The molecule has 6 nitrogen and oxygen atoms in total. The molecule has 98 valence electrons. The zero-order valence-corrected chi connectivity index (χ0v) is 10.3. The standard InChI is InChI=1S/C13H15N5O/c14-9-3-1-2-8(6-9)11-4-5-16-12-7-10(13(15)19)17-18(11)12/h1-3,6-7,11,16H,4-5,14H2,(H2,15,19). The number of anilines is 2. The Balaban J connectivity index is 2.04. The van der Waals surface area contributed by atoms with E-state index in [1.807, 2.05) is 24.3 Å². The molecule has 0 aliphatic carbocycles. The van der Waals surface area contributed by atoms with Crippen LogP contribution in [0.25, 0.3) is 0 Å². The highest BCUT2D eigenvalue weighted by atomic mass is 16.1. The summed E-state index contributed by atoms with van der Waals surface area (Å²) in [4.78, 5) is 11.2. The van der Waals surface area contributed by atoms with Crippen LogP contribution < -0.4 is 16.8 Å². The predicted octanol–water partition coefficient (Wildman–Crippen LogP) is 0.969. The summed E-state index contributed by atoms with van der Waals surface area (Å²) < 4.78 is 1.80. The van der Waals surface area contributed by atoms with Gasteiger partial charge in [-0.3, -0.25) is 4.79 Å². The fourth-order valence-electron chi connectivity index (χ4n) is 2.42. The number of hydrogen-bond donors (Lipinski definition) is 3. The van der Waals surface area contributed by atoms with Crippen LogP contribution in [-0.2, 0) is 0 Å². The Morgan fingerprint density at radius 3 is 3.00 bits per heavy atom. The van der Waals surface area contributed by atoms with E-state index < -0.39 is 5.91 Å². The maximum absolute atomic E-state index is 11.2. The van der Waals surface area contributed by atoms with E-state index in [0.717, 1.165) is 30.0 Å². The molecule has 1 amide bonds. The molecule has 2 heterocycles. The number of primary amides is 1. The Morgan fingerprint density at radius 1 is 1.42 bits per heavy atom. The Labute approximate surface area is 110 Å². The molecular formula is C13H15N5O. The van der Waals surface area contributed by atoms with Gasteiger partial charge in [-0.1, -0.05) is 12.1 Å². The van der Waals surface area contributed by atoms with E-state index in [1.165, 1.54) is 0 Å². The van der Waals surface area contributed by atoms with Gasteiger partial charge in [0, 0.05) is 18.3 Å². The summed E-state index contributed by atoms with van der Waals surface area (Å²) in [5, 5.41) is 7.49. The summed E-state index contributed by atoms with van der Waals surface area (Å²) in [6.45, 7) is 0.823. The maximum Gasteiger partial charge on any atom is 0.269 e. The molecule has 1 aromatic heterocycles. The van der Waals surface area contributed by atoms with Crippen molar-refractivity contribution >= 4 is 17.4 Å². The monoisotopic (exact) mass is 257 g/mol. The highest BCUT2D eigenvalue weighted by Crippen LogP contribution is 2.30. The first kappa shape index (κ1) is 11.6. The molecule has 1 aliphatic rings. The molecule has 1 atom stereocenters. The SMILES string of the molecule is NC(=O)c1cc2n(n1)C(c1cccc(N)c1)CCN2. The van der Waals surface area contributed by atoms with Crippen molar-refractivity contribution in [2.75, 3.05) is 17.6 Å². The molecule has 1 aromatic carbocycles. The first-order valence-electron chi connectivity index (χ1n) is 6.14. The van der Waals surface area contributed by atoms with Crippen molar-refractivity contribution in [3.05, 3.63) is 41.6 Å². The van der Waals surface area contributed by atoms with Gasteiger partial charge in [0.2, 0.25) is 0 Å². The summed E-state index contributed by atoms with van der Waals surface area (Å²) in [6, 6.07) is 9.48. The fourth-order valence-corrected chi connectivity index (χ4v) is 2.42. The summed E-state index contributed by atoms with van der Waals surface area (Å²) in [6.07, 6.45) is 0.885. The first-order chi connectivity index (χ1) is 9.15. The summed E-state index contributed by atoms with van der Waals surface area (Å²) in [5.41, 5.74) is 13.2. The van der Waals surface area contributed by atoms with Crippen molar-refractivity contribution < 1.29 is 4.79 Å². The maximum atomic E-state index is 11.2. The van der Waals surface area contributed by atoms with Gasteiger partial charge in [0.15, 0.2) is 5.69 Å². The van der Waals surface area contributed by atoms with Crippen molar-refractivity contribution in [1.82, 2.24) is 9.78 Å². The van der Waals surface area contributed by atoms with E-state index in [9.17, 15) is 4.79 Å². The van der Waals surface area contributed by atoms with Gasteiger partial charge < -0.3 is 16.8 Å². The average molecular weight is 257 g/mol. The van der Waals surface area contributed by atoms with Crippen LogP contribution in [0, 0.1) is 0 Å². The first-order valence-corrected chi connectivity index (χ1v) is 6.14. The Morgan fingerprint density at radius 2 is 2.26 bits per heavy atom. The van der Waals surface area contributed by atoms with Crippen LogP contribution in [0.15, 0.2) is 30.3 Å². The lowest BCUT2D eigenvalue weighted by Gasteiger charge is -2.26. The topological polar surface area (TPSA) is 99.0 Å². The van der Waals surface area contributed by atoms with E-state index in [-0.39, 0.29) is 11.7 Å². The van der Waals surface area contributed by atoms with Crippen molar-refractivity contribution in [2.45, 2.75) is 12.5 Å². The third kappa shape index (κ3) is 2.01. The van der Waals surface area contributed by atoms with E-state index in [0.29, 0.717) is 0 Å². The van der Waals surface area contributed by atoms with Crippen molar-refractivity contribution in [2.24, 2.45) is 5.73 Å². The van der Waals surface area contributed by atoms with Crippen molar-refractivity contribution in [1.29, 1.82) is 0 Å². The third-order valence-electron chi connectivity index (χ3n) is 3.30. The minimum atomic E-state index is -0.518. The van der Waals surface area contributed by atoms with Crippen LogP contribution in [0.5, 0.6) is 0 Å². The van der Waals surface area contributed by atoms with Crippen molar-refractivity contribution in [3.63, 3.8) is 0 Å². The number of benzene rings is 1. The van der Waals surface area contributed by atoms with E-state index >= 15 is 0 Å². The van der Waals surface area contributed by atoms with Crippen LogP contribution >= 0.6 is 0 Å². The highest BCUT2D eigenvalue weighted by molar-refractivity contribution is 5.91. The number of aromatic nitrogens is 2. The van der Waals surface area contributed by atoms with Crippen LogP contribution in [-0.4, -0.2) is 22.2 Å². The Bertz CT molecular complexity index is 634. The largest absolute Gasteiger partial charge is 0.399 e. The normalized spacial score (nSPS) is 17.6. The van der Waals surface area contributed by atoms with Crippen molar-refractivity contribution in [3.8, 4) is 0 Å². The van der Waals surface area contributed by atoms with Gasteiger partial charge in [0.1, 0.15) is 5.82 Å². The second-order valence-corrected chi connectivity index (χ2v) is 4.63. The number of hydrogen-bond acceptors (Lipinski definition) is 4. The molecule has 19 heavy (non-hydrogen) atoms. The minimum absolute atomic E-state index is 0.0767. The molecule has 0 saturated carbocycles. The molecular weight excluding hydrogens is 242 g/mol. The van der Waals surface area contributed by atoms with Crippen LogP contribution in [0.2, 0.25) is 0 Å². The lowest BCUT2D eigenvalue weighted by molar-refractivity contribution is 0.0994. The van der Waals surface area contributed by atoms with E-state index in [1.54, 1.807) is 10.7 Å². The summed E-state index contributed by atoms with van der Waals surface area (Å²) in [5.74, 6) is 0.294. The number of carbonyl (C=O) groups is 1. The lowest BCUT2D eigenvalue weighted by Crippen LogP contribution is -2.24. The van der Waals surface area contributed by atoms with Gasteiger partial charge in [-0.05, 0) is 24.1 Å². The average Bonchev–Trinajstić information content (AvgIpc) is 2.82. The number of nitrogens with two attached hydrogens (primary N) is 2. The molecule has 0 radical (unpaired) electrons. The van der Waals surface area contributed by atoms with Gasteiger partial charge in [-0.15, -0.1) is 0 Å². The second-order valence-electron chi connectivity index (χ2n) is 4.63. The summed E-state index contributed by atoms with van der Waals surface area (Å²) in [7, 11) is 0. The van der Waals surface area contributed by atoms with Crippen LogP contribution in [0.4, 0.5) is 11.5 Å². The second kappa shape index (κ2) is 4.31. The highest BCUT2D eigenvalue weighted by Gasteiger charge is 2.24. The third-order valence-corrected chi connectivity index (χ3v) is 3.30. The molecule has 0 bridgehead atoms. The van der Waals surface area contributed by atoms with Gasteiger partial charge >= 0.3 is 0 Å². The number of nitrogens with zero attached hydrogens (tertiary/aromatic N) is 2. The molecule has 3 rings (SSSR count). The Kier molecular flexibility index (Phi) is 2.63. The Hall–Kier alpha value is -2.50. The number of nitrogens with one attached hydrogen (secondary N) is 1. The lowest BCUT2D eigenvalue weighted by atomic mass is 10.0. The fraction of sp³-hybridized carbons (Fsp3) is 0.231. The molecule has 0 fully saturated rings. The zero-order chi connectivity index (χ0) is 13.4. The molecule has 0 saturated heterocycles. The summed E-state index contributed by atoms with van der Waals surface area (Å²) >= 11 is 0. The molecule has 5 N–H and O–H groups in total. The number of fused-ring (bicyclic) bond motifs is 1. The predicted molar refractivity (Wildman–Crippen MR) is 72.8 cm³/mol. The molecule has 6 heteroatoms. The quantitative estimate of drug-likeness (QED) is 0.698. The number of nitrogen functional groups attached to an aromatic ring is 1. The van der Waals surface area contributed by atoms with Gasteiger partial charge in [-0.2, -0.15) is 5.10 Å². The van der Waals surface area contributed by atoms with E-state index in [4.69, 9.17) is 11.5 Å². The smallest absolute Gasteiger partial charge is 0.269 e. The number of amides is 1. The molecule has 2 aromatic rings. The van der Waals surface area contributed by atoms with Gasteiger partial charge in [0.05, 0.1) is 6.04 Å².